The van der Waals surface area contributed by atoms with Crippen molar-refractivity contribution in [3.63, 3.8) is 0 Å². The lowest BCUT2D eigenvalue weighted by Gasteiger charge is -2.38. The lowest BCUT2D eigenvalue weighted by molar-refractivity contribution is 0.0889. The highest BCUT2D eigenvalue weighted by molar-refractivity contribution is 7.09. The molecule has 3 aromatic heterocycles. The maximum atomic E-state index is 13.6. The normalized spacial score (nSPS) is 18.5. The molecule has 1 aliphatic heterocycles. The van der Waals surface area contributed by atoms with Gasteiger partial charge in [-0.25, -0.2) is 13.9 Å². The van der Waals surface area contributed by atoms with Crippen LogP contribution in [0, 0.1) is 5.82 Å². The van der Waals surface area contributed by atoms with E-state index in [1.165, 1.54) is 12.1 Å². The molecule has 1 saturated heterocycles. The molecule has 1 aromatic carbocycles. The molecule has 1 fully saturated rings. The van der Waals surface area contributed by atoms with Crippen LogP contribution in [0.25, 0.3) is 16.6 Å². The summed E-state index contributed by atoms with van der Waals surface area (Å²) in [5.41, 5.74) is 3.70. The molecule has 6 nitrogen and oxygen atoms in total. The van der Waals surface area contributed by atoms with Crippen LogP contribution in [0.4, 0.5) is 4.39 Å². The zero-order valence-electron chi connectivity index (χ0n) is 16.1. The van der Waals surface area contributed by atoms with Gasteiger partial charge in [0.1, 0.15) is 16.5 Å². The molecular weight excluding hydrogens is 387 g/mol. The van der Waals surface area contributed by atoms with E-state index in [2.05, 4.69) is 32.1 Å². The summed E-state index contributed by atoms with van der Waals surface area (Å²) >= 11 is 1.69. The smallest absolute Gasteiger partial charge is 0.123 e. The Morgan fingerprint density at radius 2 is 2.10 bits per heavy atom. The van der Waals surface area contributed by atoms with E-state index in [1.807, 2.05) is 36.0 Å². The molecule has 4 aromatic rings. The summed E-state index contributed by atoms with van der Waals surface area (Å²) in [5, 5.41) is 12.0. The highest BCUT2D eigenvalue weighted by atomic mass is 32.1. The average molecular weight is 409 g/mol. The monoisotopic (exact) mass is 408 g/mol. The van der Waals surface area contributed by atoms with Gasteiger partial charge in [0.15, 0.2) is 0 Å². The Kier molecular flexibility index (Phi) is 4.83. The Labute approximate surface area is 172 Å². The second kappa shape index (κ2) is 7.62. The van der Waals surface area contributed by atoms with Crippen molar-refractivity contribution in [1.82, 2.24) is 29.6 Å². The zero-order chi connectivity index (χ0) is 19.8. The highest BCUT2D eigenvalue weighted by Crippen LogP contribution is 2.28. The number of likely N-dealkylation sites (N-methyl/N-ethyl adjacent to an activating group) is 1. The van der Waals surface area contributed by atoms with Crippen LogP contribution in [0.2, 0.25) is 0 Å². The van der Waals surface area contributed by atoms with Crippen LogP contribution in [-0.4, -0.2) is 56.3 Å². The molecule has 0 saturated carbocycles. The number of aromatic nitrogens is 4. The molecule has 0 bridgehead atoms. The molecule has 0 radical (unpaired) electrons. The molecular formula is C21H21FN6S. The van der Waals surface area contributed by atoms with E-state index in [9.17, 15) is 4.39 Å². The van der Waals surface area contributed by atoms with Gasteiger partial charge in [0.2, 0.25) is 0 Å². The summed E-state index contributed by atoms with van der Waals surface area (Å²) in [7, 11) is 2.14. The standard InChI is InChI=1S/C21H21FN6S/c1-26-8-9-27(14-20-23-7-10-29-20)13-19(26)21-18-6-5-16(12-28(18)25-24-21)15-3-2-4-17(22)11-15/h2-7,10-12,19H,8-9,13-14H2,1H3/t19-/m0/s1. The van der Waals surface area contributed by atoms with E-state index in [-0.39, 0.29) is 11.9 Å². The fourth-order valence-corrected chi connectivity index (χ4v) is 4.54. The summed E-state index contributed by atoms with van der Waals surface area (Å²) in [6.45, 7) is 3.73. The number of nitrogens with zero attached hydrogens (tertiary/aromatic N) is 6. The van der Waals surface area contributed by atoms with Crippen molar-refractivity contribution >= 4 is 16.9 Å². The predicted molar refractivity (Wildman–Crippen MR) is 111 cm³/mol. The third kappa shape index (κ3) is 3.66. The van der Waals surface area contributed by atoms with Gasteiger partial charge < -0.3 is 0 Å². The number of thiazole rings is 1. The van der Waals surface area contributed by atoms with Crippen LogP contribution < -0.4 is 0 Å². The molecule has 5 rings (SSSR count). The summed E-state index contributed by atoms with van der Waals surface area (Å²) < 4.78 is 15.4. The first-order chi connectivity index (χ1) is 14.2. The van der Waals surface area contributed by atoms with Crippen molar-refractivity contribution in [2.75, 3.05) is 26.7 Å². The number of halogens is 1. The Balaban J connectivity index is 1.43. The van der Waals surface area contributed by atoms with Crippen molar-refractivity contribution in [2.45, 2.75) is 12.6 Å². The first-order valence-corrected chi connectivity index (χ1v) is 10.5. The minimum atomic E-state index is -0.244. The van der Waals surface area contributed by atoms with Gasteiger partial charge in [-0.05, 0) is 30.8 Å². The zero-order valence-corrected chi connectivity index (χ0v) is 16.9. The maximum absolute atomic E-state index is 13.6. The maximum Gasteiger partial charge on any atom is 0.123 e. The van der Waals surface area contributed by atoms with Gasteiger partial charge in [-0.1, -0.05) is 23.4 Å². The molecule has 0 spiro atoms. The van der Waals surface area contributed by atoms with Crippen LogP contribution in [0.5, 0.6) is 0 Å². The van der Waals surface area contributed by atoms with Crippen molar-refractivity contribution in [3.8, 4) is 11.1 Å². The van der Waals surface area contributed by atoms with Gasteiger partial charge in [0.05, 0.1) is 18.1 Å². The molecule has 1 atom stereocenters. The third-order valence-corrected chi connectivity index (χ3v) is 6.25. The summed E-state index contributed by atoms with van der Waals surface area (Å²) in [4.78, 5) is 9.18. The van der Waals surface area contributed by atoms with Crippen molar-refractivity contribution in [2.24, 2.45) is 0 Å². The largest absolute Gasteiger partial charge is 0.295 e. The minimum Gasteiger partial charge on any atom is -0.295 e. The minimum absolute atomic E-state index is 0.168. The van der Waals surface area contributed by atoms with Gasteiger partial charge in [0.25, 0.3) is 0 Å². The Morgan fingerprint density at radius 1 is 1.17 bits per heavy atom. The van der Waals surface area contributed by atoms with E-state index < -0.39 is 0 Å². The topological polar surface area (TPSA) is 49.6 Å². The average Bonchev–Trinajstić information content (AvgIpc) is 3.39. The van der Waals surface area contributed by atoms with Gasteiger partial charge in [-0.3, -0.25) is 9.80 Å². The molecule has 0 unspecified atom stereocenters. The molecule has 148 valence electrons. The Hall–Kier alpha value is -2.68. The number of benzene rings is 1. The molecule has 0 aliphatic carbocycles. The number of fused-ring (bicyclic) bond motifs is 1. The van der Waals surface area contributed by atoms with Gasteiger partial charge in [0, 0.05) is 43.0 Å². The van der Waals surface area contributed by atoms with Crippen LogP contribution in [0.3, 0.4) is 0 Å². The first kappa shape index (κ1) is 18.4. The van der Waals surface area contributed by atoms with E-state index in [0.717, 1.165) is 53.5 Å². The lowest BCUT2D eigenvalue weighted by atomic mass is 10.1. The molecule has 0 amide bonds. The van der Waals surface area contributed by atoms with Gasteiger partial charge in [-0.15, -0.1) is 16.4 Å². The SMILES string of the molecule is CN1CCN(Cc2nccs2)C[C@H]1c1nnn2cc(-c3cccc(F)c3)ccc12. The van der Waals surface area contributed by atoms with Crippen LogP contribution in [0.15, 0.2) is 54.2 Å². The highest BCUT2D eigenvalue weighted by Gasteiger charge is 2.29. The number of piperazine rings is 1. The van der Waals surface area contributed by atoms with Crippen molar-refractivity contribution < 1.29 is 4.39 Å². The molecule has 4 heterocycles. The number of hydrogen-bond donors (Lipinski definition) is 0. The fraction of sp³-hybridized carbons (Fsp3) is 0.286. The van der Waals surface area contributed by atoms with E-state index >= 15 is 0 Å². The number of pyridine rings is 1. The van der Waals surface area contributed by atoms with Crippen LogP contribution in [0.1, 0.15) is 16.7 Å². The fourth-order valence-electron chi connectivity index (χ4n) is 3.88. The first-order valence-electron chi connectivity index (χ1n) is 9.59. The molecule has 29 heavy (non-hydrogen) atoms. The van der Waals surface area contributed by atoms with E-state index in [4.69, 9.17) is 0 Å². The second-order valence-electron chi connectivity index (χ2n) is 7.39. The van der Waals surface area contributed by atoms with Crippen LogP contribution in [-0.2, 0) is 6.54 Å². The van der Waals surface area contributed by atoms with Gasteiger partial charge in [-0.2, -0.15) is 0 Å². The summed E-state index contributed by atoms with van der Waals surface area (Å²) in [6, 6.07) is 10.8. The van der Waals surface area contributed by atoms with Crippen LogP contribution >= 0.6 is 11.3 Å². The number of hydrogen-bond acceptors (Lipinski definition) is 6. The van der Waals surface area contributed by atoms with E-state index in [0.29, 0.717) is 0 Å². The third-order valence-electron chi connectivity index (χ3n) is 5.49. The van der Waals surface area contributed by atoms with Crippen molar-refractivity contribution in [3.05, 3.63) is 70.7 Å². The summed E-state index contributed by atoms with van der Waals surface area (Å²) in [6.07, 6.45) is 3.77. The Bertz CT molecular complexity index is 1130. The molecule has 1 aliphatic rings. The molecule has 0 N–H and O–H groups in total. The van der Waals surface area contributed by atoms with Gasteiger partial charge >= 0.3 is 0 Å². The Morgan fingerprint density at radius 3 is 2.93 bits per heavy atom. The van der Waals surface area contributed by atoms with E-state index in [1.54, 1.807) is 21.9 Å². The summed E-state index contributed by atoms with van der Waals surface area (Å²) in [5.74, 6) is -0.244. The predicted octanol–water partition coefficient (Wildman–Crippen LogP) is 3.48. The lowest BCUT2D eigenvalue weighted by Crippen LogP contribution is -2.46. The quantitative estimate of drug-likeness (QED) is 0.517. The van der Waals surface area contributed by atoms with Crippen molar-refractivity contribution in [1.29, 1.82) is 0 Å². The molecule has 8 heteroatoms. The number of rotatable bonds is 4. The second-order valence-corrected chi connectivity index (χ2v) is 8.37.